The van der Waals surface area contributed by atoms with Gasteiger partial charge >= 0.3 is 0 Å². The topological polar surface area (TPSA) is 55.1 Å². The molecule has 0 aromatic rings. The summed E-state index contributed by atoms with van der Waals surface area (Å²) in [6.45, 7) is 9.22. The number of hydrogen-bond donors (Lipinski definition) is 2. The van der Waals surface area contributed by atoms with Crippen LogP contribution in [0.2, 0.25) is 0 Å². The highest BCUT2D eigenvalue weighted by atomic mass is 16.1. The van der Waals surface area contributed by atoms with Crippen molar-refractivity contribution in [1.29, 1.82) is 0 Å². The molecule has 1 unspecified atom stereocenters. The fraction of sp³-hybridized carbons (Fsp3) is 0.917. The van der Waals surface area contributed by atoms with Crippen LogP contribution in [0.5, 0.6) is 0 Å². The van der Waals surface area contributed by atoms with Gasteiger partial charge in [-0.25, -0.2) is 0 Å². The van der Waals surface area contributed by atoms with Crippen molar-refractivity contribution in [3.63, 3.8) is 0 Å². The Balaban J connectivity index is 3.70. The zero-order valence-corrected chi connectivity index (χ0v) is 10.6. The van der Waals surface area contributed by atoms with Gasteiger partial charge in [0, 0.05) is 19.0 Å². The van der Waals surface area contributed by atoms with Crippen LogP contribution in [0.3, 0.4) is 0 Å². The molecule has 0 aromatic carbocycles. The molecule has 0 aliphatic carbocycles. The van der Waals surface area contributed by atoms with E-state index in [1.54, 1.807) is 0 Å². The lowest BCUT2D eigenvalue weighted by molar-refractivity contribution is -0.121. The fourth-order valence-electron chi connectivity index (χ4n) is 1.55. The van der Waals surface area contributed by atoms with Gasteiger partial charge in [-0.3, -0.25) is 4.79 Å². The molecular formula is C12H26N2O. The highest BCUT2D eigenvalue weighted by Gasteiger charge is 2.17. The Bertz CT molecular complexity index is 188. The number of nitrogens with two attached hydrogens (primary N) is 1. The van der Waals surface area contributed by atoms with Crippen molar-refractivity contribution in [2.75, 3.05) is 6.54 Å². The molecule has 3 N–H and O–H groups in total. The number of amides is 1. The maximum Gasteiger partial charge on any atom is 0.220 e. The minimum Gasteiger partial charge on any atom is -0.356 e. The molecule has 0 heterocycles. The molecule has 3 heteroatoms. The molecule has 15 heavy (non-hydrogen) atoms. The molecule has 3 nitrogen and oxygen atoms in total. The third-order valence-electron chi connectivity index (χ3n) is 2.52. The van der Waals surface area contributed by atoms with Crippen molar-refractivity contribution in [2.45, 2.75) is 59.4 Å². The summed E-state index contributed by atoms with van der Waals surface area (Å²) in [6.07, 6.45) is 3.60. The van der Waals surface area contributed by atoms with Gasteiger partial charge in [-0.05, 0) is 25.2 Å². The fourth-order valence-corrected chi connectivity index (χ4v) is 1.55. The van der Waals surface area contributed by atoms with Gasteiger partial charge in [-0.15, -0.1) is 0 Å². The number of nitrogens with one attached hydrogen (secondary N) is 1. The summed E-state index contributed by atoms with van der Waals surface area (Å²) in [5.74, 6) is 0.122. The number of rotatable bonds is 7. The summed E-state index contributed by atoms with van der Waals surface area (Å²) in [5.41, 5.74) is 5.80. The summed E-state index contributed by atoms with van der Waals surface area (Å²) in [7, 11) is 0. The zero-order chi connectivity index (χ0) is 11.9. The van der Waals surface area contributed by atoms with Crippen molar-refractivity contribution >= 4 is 5.91 Å². The van der Waals surface area contributed by atoms with E-state index in [0.29, 0.717) is 6.42 Å². The average Bonchev–Trinajstić information content (AvgIpc) is 2.11. The molecule has 0 aliphatic heterocycles. The summed E-state index contributed by atoms with van der Waals surface area (Å²) in [5, 5.41) is 2.97. The molecule has 0 radical (unpaired) electrons. The van der Waals surface area contributed by atoms with E-state index < -0.39 is 0 Å². The lowest BCUT2D eigenvalue weighted by Gasteiger charge is -2.24. The van der Waals surface area contributed by atoms with E-state index in [0.717, 1.165) is 25.8 Å². The van der Waals surface area contributed by atoms with Gasteiger partial charge in [-0.1, -0.05) is 27.2 Å². The van der Waals surface area contributed by atoms with Crippen LogP contribution in [0.15, 0.2) is 0 Å². The Morgan fingerprint density at radius 3 is 2.53 bits per heavy atom. The van der Waals surface area contributed by atoms with Crippen LogP contribution in [0.25, 0.3) is 0 Å². The third-order valence-corrected chi connectivity index (χ3v) is 2.52. The summed E-state index contributed by atoms with van der Waals surface area (Å²) in [6, 6.07) is 0.111. The molecular weight excluding hydrogens is 188 g/mol. The maximum atomic E-state index is 11.4. The van der Waals surface area contributed by atoms with E-state index in [1.807, 2.05) is 6.92 Å². The molecule has 0 rings (SSSR count). The van der Waals surface area contributed by atoms with E-state index >= 15 is 0 Å². The van der Waals surface area contributed by atoms with Gasteiger partial charge in [0.1, 0.15) is 0 Å². The van der Waals surface area contributed by atoms with Crippen LogP contribution in [-0.2, 0) is 4.79 Å². The van der Waals surface area contributed by atoms with Crippen molar-refractivity contribution in [3.05, 3.63) is 0 Å². The standard InChI is InChI=1S/C12H26N2O/c1-5-8-12(3,4)9-14-11(15)7-6-10(2)13/h10H,5-9,13H2,1-4H3,(H,14,15). The predicted molar refractivity (Wildman–Crippen MR) is 64.6 cm³/mol. The number of hydrogen-bond acceptors (Lipinski definition) is 2. The van der Waals surface area contributed by atoms with Crippen LogP contribution in [-0.4, -0.2) is 18.5 Å². The molecule has 0 aliphatic rings. The normalized spacial score (nSPS) is 13.7. The first-order chi connectivity index (χ1) is 6.87. The molecule has 1 amide bonds. The second-order valence-electron chi connectivity index (χ2n) is 5.21. The number of carbonyl (C=O) groups excluding carboxylic acids is 1. The van der Waals surface area contributed by atoms with Crippen molar-refractivity contribution in [3.8, 4) is 0 Å². The largest absolute Gasteiger partial charge is 0.356 e. The van der Waals surface area contributed by atoms with Gasteiger partial charge in [0.2, 0.25) is 5.91 Å². The second-order valence-corrected chi connectivity index (χ2v) is 5.21. The van der Waals surface area contributed by atoms with E-state index in [1.165, 1.54) is 0 Å². The Morgan fingerprint density at radius 1 is 1.47 bits per heavy atom. The van der Waals surface area contributed by atoms with Gasteiger partial charge in [0.15, 0.2) is 0 Å². The predicted octanol–water partition coefficient (Wildman–Crippen LogP) is 2.06. The maximum absolute atomic E-state index is 11.4. The van der Waals surface area contributed by atoms with Crippen LogP contribution in [0, 0.1) is 5.41 Å². The molecule has 0 spiro atoms. The minimum absolute atomic E-state index is 0.111. The third kappa shape index (κ3) is 8.43. The SMILES string of the molecule is CCCC(C)(C)CNC(=O)CCC(C)N. The van der Waals surface area contributed by atoms with E-state index in [4.69, 9.17) is 5.73 Å². The van der Waals surface area contributed by atoms with E-state index in [-0.39, 0.29) is 17.4 Å². The minimum atomic E-state index is 0.111. The lowest BCUT2D eigenvalue weighted by atomic mass is 9.88. The highest BCUT2D eigenvalue weighted by molar-refractivity contribution is 5.75. The molecule has 0 aromatic heterocycles. The Kier molecular flexibility index (Phi) is 6.57. The molecule has 0 saturated heterocycles. The summed E-state index contributed by atoms with van der Waals surface area (Å²) < 4.78 is 0. The van der Waals surface area contributed by atoms with E-state index in [2.05, 4.69) is 26.1 Å². The first-order valence-corrected chi connectivity index (χ1v) is 5.89. The lowest BCUT2D eigenvalue weighted by Crippen LogP contribution is -2.34. The first kappa shape index (κ1) is 14.4. The molecule has 90 valence electrons. The monoisotopic (exact) mass is 214 g/mol. The second kappa shape index (κ2) is 6.83. The number of carbonyl (C=O) groups is 1. The average molecular weight is 214 g/mol. The van der Waals surface area contributed by atoms with Crippen molar-refractivity contribution in [1.82, 2.24) is 5.32 Å². The molecule has 0 fully saturated rings. The van der Waals surface area contributed by atoms with E-state index in [9.17, 15) is 4.79 Å². The Hall–Kier alpha value is -0.570. The van der Waals surface area contributed by atoms with Gasteiger partial charge in [-0.2, -0.15) is 0 Å². The van der Waals surface area contributed by atoms with Gasteiger partial charge in [0.05, 0.1) is 0 Å². The van der Waals surface area contributed by atoms with Crippen LogP contribution in [0.4, 0.5) is 0 Å². The van der Waals surface area contributed by atoms with Crippen LogP contribution >= 0.6 is 0 Å². The van der Waals surface area contributed by atoms with Crippen LogP contribution in [0.1, 0.15) is 53.4 Å². The quantitative estimate of drug-likeness (QED) is 0.681. The molecule has 0 saturated carbocycles. The van der Waals surface area contributed by atoms with Crippen LogP contribution < -0.4 is 11.1 Å². The zero-order valence-electron chi connectivity index (χ0n) is 10.6. The highest BCUT2D eigenvalue weighted by Crippen LogP contribution is 2.20. The first-order valence-electron chi connectivity index (χ1n) is 5.89. The Labute approximate surface area is 93.8 Å². The van der Waals surface area contributed by atoms with Gasteiger partial charge in [0.25, 0.3) is 0 Å². The smallest absolute Gasteiger partial charge is 0.220 e. The summed E-state index contributed by atoms with van der Waals surface area (Å²) >= 11 is 0. The van der Waals surface area contributed by atoms with Crippen molar-refractivity contribution in [2.24, 2.45) is 11.1 Å². The molecule has 1 atom stereocenters. The molecule has 0 bridgehead atoms. The van der Waals surface area contributed by atoms with Gasteiger partial charge < -0.3 is 11.1 Å². The van der Waals surface area contributed by atoms with Crippen molar-refractivity contribution < 1.29 is 4.79 Å². The Morgan fingerprint density at radius 2 is 2.07 bits per heavy atom. The summed E-state index contributed by atoms with van der Waals surface area (Å²) in [4.78, 5) is 11.4.